The lowest BCUT2D eigenvalue weighted by molar-refractivity contribution is -0.138. The Kier molecular flexibility index (Phi) is 4.21. The second-order valence-electron chi connectivity index (χ2n) is 3.26. The lowest BCUT2D eigenvalue weighted by atomic mass is 10.2. The molecular weight excluding hydrogens is 280 g/mol. The predicted octanol–water partition coefficient (Wildman–Crippen LogP) is 3.02. The first-order valence-corrected chi connectivity index (χ1v) is 5.09. The van der Waals surface area contributed by atoms with Crippen molar-refractivity contribution >= 4 is 29.1 Å². The fourth-order valence-corrected chi connectivity index (χ4v) is 1.47. The van der Waals surface area contributed by atoms with Crippen molar-refractivity contribution < 1.29 is 18.0 Å². The second-order valence-corrected chi connectivity index (χ2v) is 4.06. The summed E-state index contributed by atoms with van der Waals surface area (Å²) in [6, 6.07) is 1.12. The van der Waals surface area contributed by atoms with Crippen molar-refractivity contribution in [3.63, 3.8) is 0 Å². The molecule has 0 aliphatic rings. The van der Waals surface area contributed by atoms with Gasteiger partial charge in [-0.25, -0.2) is 4.98 Å². The van der Waals surface area contributed by atoms with Gasteiger partial charge in [-0.3, -0.25) is 4.79 Å². The largest absolute Gasteiger partial charge is 0.406 e. The highest BCUT2D eigenvalue weighted by atomic mass is 35.5. The van der Waals surface area contributed by atoms with Crippen LogP contribution in [0.15, 0.2) is 12.3 Å². The van der Waals surface area contributed by atoms with Gasteiger partial charge in [-0.15, -0.1) is 0 Å². The Morgan fingerprint density at radius 1 is 1.47 bits per heavy atom. The smallest absolute Gasteiger partial charge is 0.333 e. The monoisotopic (exact) mass is 286 g/mol. The molecule has 0 fully saturated rings. The Labute approximate surface area is 105 Å². The average molecular weight is 287 g/mol. The summed E-state index contributed by atoms with van der Waals surface area (Å²) in [7, 11) is 1.03. The molecule has 0 spiro atoms. The van der Waals surface area contributed by atoms with Gasteiger partial charge < -0.3 is 4.90 Å². The van der Waals surface area contributed by atoms with Crippen molar-refractivity contribution in [2.24, 2.45) is 0 Å². The number of amides is 1. The maximum atomic E-state index is 12.1. The fourth-order valence-electron chi connectivity index (χ4n) is 1.12. The molecule has 3 nitrogen and oxygen atoms in total. The highest BCUT2D eigenvalue weighted by Crippen LogP contribution is 2.22. The minimum atomic E-state index is -4.46. The molecule has 0 aliphatic heterocycles. The summed E-state index contributed by atoms with van der Waals surface area (Å²) in [5.74, 6) is -0.864. The molecule has 0 atom stereocenters. The van der Waals surface area contributed by atoms with Crippen LogP contribution in [0, 0.1) is 0 Å². The molecule has 0 radical (unpaired) electrons. The average Bonchev–Trinajstić information content (AvgIpc) is 2.18. The van der Waals surface area contributed by atoms with Crippen molar-refractivity contribution in [2.75, 3.05) is 13.6 Å². The number of rotatable bonds is 2. The van der Waals surface area contributed by atoms with E-state index in [2.05, 4.69) is 4.98 Å². The van der Waals surface area contributed by atoms with Gasteiger partial charge in [0.15, 0.2) is 0 Å². The van der Waals surface area contributed by atoms with Gasteiger partial charge >= 0.3 is 6.18 Å². The number of alkyl halides is 3. The third kappa shape index (κ3) is 4.05. The van der Waals surface area contributed by atoms with Crippen LogP contribution in [0.5, 0.6) is 0 Å². The molecule has 94 valence electrons. The van der Waals surface area contributed by atoms with E-state index in [9.17, 15) is 18.0 Å². The van der Waals surface area contributed by atoms with Crippen LogP contribution in [-0.4, -0.2) is 35.6 Å². The van der Waals surface area contributed by atoms with E-state index < -0.39 is 18.6 Å². The van der Waals surface area contributed by atoms with Crippen LogP contribution in [0.25, 0.3) is 0 Å². The number of hydrogen-bond acceptors (Lipinski definition) is 2. The molecular formula is C9H7Cl2F3N2O. The molecule has 0 unspecified atom stereocenters. The second kappa shape index (κ2) is 5.10. The molecule has 17 heavy (non-hydrogen) atoms. The molecule has 1 aromatic rings. The molecule has 0 saturated carbocycles. The Hall–Kier alpha value is -1.01. The van der Waals surface area contributed by atoms with Gasteiger partial charge in [0.1, 0.15) is 11.7 Å². The third-order valence-electron chi connectivity index (χ3n) is 1.82. The van der Waals surface area contributed by atoms with Crippen molar-refractivity contribution in [1.82, 2.24) is 9.88 Å². The van der Waals surface area contributed by atoms with Gasteiger partial charge in [0.05, 0.1) is 10.6 Å². The first kappa shape index (κ1) is 14.1. The molecule has 1 amide bonds. The molecule has 0 bridgehead atoms. The van der Waals surface area contributed by atoms with Crippen LogP contribution in [0.2, 0.25) is 10.2 Å². The van der Waals surface area contributed by atoms with Gasteiger partial charge in [0.2, 0.25) is 0 Å². The normalized spacial score (nSPS) is 11.4. The molecule has 0 N–H and O–H groups in total. The summed E-state index contributed by atoms with van der Waals surface area (Å²) in [5.41, 5.74) is -0.113. The van der Waals surface area contributed by atoms with E-state index in [0.717, 1.165) is 19.3 Å². The van der Waals surface area contributed by atoms with Gasteiger partial charge in [-0.05, 0) is 6.07 Å². The van der Waals surface area contributed by atoms with Crippen LogP contribution in [0.1, 0.15) is 10.4 Å². The van der Waals surface area contributed by atoms with E-state index in [4.69, 9.17) is 23.2 Å². The predicted molar refractivity (Wildman–Crippen MR) is 57.3 cm³/mol. The molecule has 8 heteroatoms. The number of carbonyl (C=O) groups excluding carboxylic acids is 1. The van der Waals surface area contributed by atoms with Crippen LogP contribution < -0.4 is 0 Å². The fraction of sp³-hybridized carbons (Fsp3) is 0.333. The van der Waals surface area contributed by atoms with Crippen molar-refractivity contribution in [2.45, 2.75) is 6.18 Å². The summed E-state index contributed by atoms with van der Waals surface area (Å²) < 4.78 is 36.3. The summed E-state index contributed by atoms with van der Waals surface area (Å²) >= 11 is 11.2. The minimum Gasteiger partial charge on any atom is -0.333 e. The Bertz CT molecular complexity index is 437. The molecule has 0 aliphatic carbocycles. The number of hydrogen-bond donors (Lipinski definition) is 0. The summed E-state index contributed by atoms with van der Waals surface area (Å²) in [6.45, 7) is -1.36. The van der Waals surface area contributed by atoms with E-state index in [-0.39, 0.29) is 15.7 Å². The molecule has 1 aromatic heterocycles. The number of halogens is 5. The lowest BCUT2D eigenvalue weighted by Crippen LogP contribution is -2.36. The van der Waals surface area contributed by atoms with Crippen LogP contribution >= 0.6 is 23.2 Å². The minimum absolute atomic E-state index is 0.0156. The first-order valence-electron chi connectivity index (χ1n) is 4.34. The maximum absolute atomic E-state index is 12.1. The van der Waals surface area contributed by atoms with E-state index in [1.165, 1.54) is 0 Å². The highest BCUT2D eigenvalue weighted by molar-refractivity contribution is 6.35. The van der Waals surface area contributed by atoms with Gasteiger partial charge in [-0.2, -0.15) is 13.2 Å². The third-order valence-corrected chi connectivity index (χ3v) is 2.32. The van der Waals surface area contributed by atoms with E-state index in [1.54, 1.807) is 0 Å². The zero-order valence-electron chi connectivity index (χ0n) is 8.55. The highest BCUT2D eigenvalue weighted by Gasteiger charge is 2.32. The van der Waals surface area contributed by atoms with Crippen molar-refractivity contribution in [3.8, 4) is 0 Å². The quantitative estimate of drug-likeness (QED) is 0.783. The van der Waals surface area contributed by atoms with Gasteiger partial charge in [0, 0.05) is 13.2 Å². The van der Waals surface area contributed by atoms with Gasteiger partial charge in [-0.1, -0.05) is 23.2 Å². The Balaban J connectivity index is 2.93. The standard InChI is InChI=1S/C9H7Cl2F3N2O/c1-16(4-9(12,13)14)8(17)5-2-7(11)15-3-6(5)10/h2-3H,4H2,1H3. The number of nitrogens with zero attached hydrogens (tertiary/aromatic N) is 2. The van der Waals surface area contributed by atoms with Crippen molar-refractivity contribution in [3.05, 3.63) is 28.0 Å². The first-order chi connectivity index (χ1) is 7.70. The zero-order valence-corrected chi connectivity index (χ0v) is 10.1. The van der Waals surface area contributed by atoms with E-state index in [0.29, 0.717) is 4.90 Å². The van der Waals surface area contributed by atoms with Gasteiger partial charge in [0.25, 0.3) is 5.91 Å². The van der Waals surface area contributed by atoms with E-state index >= 15 is 0 Å². The van der Waals surface area contributed by atoms with Crippen LogP contribution in [-0.2, 0) is 0 Å². The molecule has 0 saturated heterocycles. The topological polar surface area (TPSA) is 33.2 Å². The molecule has 1 rings (SSSR count). The number of pyridine rings is 1. The van der Waals surface area contributed by atoms with Crippen LogP contribution in [0.4, 0.5) is 13.2 Å². The summed E-state index contributed by atoms with van der Waals surface area (Å²) in [5, 5.41) is -0.0633. The maximum Gasteiger partial charge on any atom is 0.406 e. The van der Waals surface area contributed by atoms with E-state index in [1.807, 2.05) is 0 Å². The summed E-state index contributed by atoms with van der Waals surface area (Å²) in [6.07, 6.45) is -3.35. The lowest BCUT2D eigenvalue weighted by Gasteiger charge is -2.19. The molecule has 1 heterocycles. The summed E-state index contributed by atoms with van der Waals surface area (Å²) in [4.78, 5) is 15.8. The molecule has 0 aromatic carbocycles. The number of carbonyl (C=O) groups is 1. The van der Waals surface area contributed by atoms with Crippen LogP contribution in [0.3, 0.4) is 0 Å². The zero-order chi connectivity index (χ0) is 13.2. The Morgan fingerprint density at radius 2 is 2.06 bits per heavy atom. The number of aromatic nitrogens is 1. The van der Waals surface area contributed by atoms with Crippen molar-refractivity contribution in [1.29, 1.82) is 0 Å². The Morgan fingerprint density at radius 3 is 2.59 bits per heavy atom. The SMILES string of the molecule is CN(CC(F)(F)F)C(=O)c1cc(Cl)ncc1Cl.